The molecule has 1 aliphatic rings. The van der Waals surface area contributed by atoms with Crippen molar-refractivity contribution in [2.75, 3.05) is 6.54 Å². The summed E-state index contributed by atoms with van der Waals surface area (Å²) in [5.74, 6) is 0. The molecule has 106 valence electrons. The van der Waals surface area contributed by atoms with Crippen molar-refractivity contribution in [2.24, 2.45) is 5.73 Å². The highest BCUT2D eigenvalue weighted by Gasteiger charge is 2.32. The van der Waals surface area contributed by atoms with Gasteiger partial charge in [0.2, 0.25) is 0 Å². The fourth-order valence-corrected chi connectivity index (χ4v) is 3.75. The number of rotatable bonds is 3. The van der Waals surface area contributed by atoms with Gasteiger partial charge in [-0.2, -0.15) is 5.10 Å². The van der Waals surface area contributed by atoms with E-state index in [1.54, 1.807) is 17.3 Å². The van der Waals surface area contributed by atoms with E-state index in [9.17, 15) is 0 Å². The lowest BCUT2D eigenvalue weighted by atomic mass is 9.69. The number of halogens is 1. The zero-order valence-electron chi connectivity index (χ0n) is 11.4. The van der Waals surface area contributed by atoms with E-state index in [0.29, 0.717) is 0 Å². The molecule has 20 heavy (non-hydrogen) atoms. The van der Waals surface area contributed by atoms with Gasteiger partial charge in [-0.1, -0.05) is 25.3 Å². The normalized spacial score (nSPS) is 18.1. The Morgan fingerprint density at radius 1 is 1.25 bits per heavy atom. The SMILES string of the molecule is NCC1(c2ccc(-n3cncn3)c(Br)c2)CCCCC1. The summed E-state index contributed by atoms with van der Waals surface area (Å²) in [6, 6.07) is 6.50. The van der Waals surface area contributed by atoms with Crippen LogP contribution < -0.4 is 5.73 Å². The van der Waals surface area contributed by atoms with Crippen LogP contribution in [0, 0.1) is 0 Å². The van der Waals surface area contributed by atoms with Crippen LogP contribution in [0.15, 0.2) is 35.3 Å². The molecular formula is C15H19BrN4. The van der Waals surface area contributed by atoms with Crippen molar-refractivity contribution in [3.63, 3.8) is 0 Å². The maximum Gasteiger partial charge on any atom is 0.138 e. The Morgan fingerprint density at radius 3 is 2.65 bits per heavy atom. The first-order chi connectivity index (χ1) is 9.75. The van der Waals surface area contributed by atoms with Crippen molar-refractivity contribution in [1.29, 1.82) is 0 Å². The molecule has 5 heteroatoms. The fourth-order valence-electron chi connectivity index (χ4n) is 3.19. The Labute approximate surface area is 127 Å². The maximum absolute atomic E-state index is 6.11. The van der Waals surface area contributed by atoms with E-state index in [1.165, 1.54) is 37.7 Å². The van der Waals surface area contributed by atoms with E-state index in [4.69, 9.17) is 5.73 Å². The van der Waals surface area contributed by atoms with E-state index in [2.05, 4.69) is 44.2 Å². The van der Waals surface area contributed by atoms with Crippen molar-refractivity contribution < 1.29 is 0 Å². The van der Waals surface area contributed by atoms with Gasteiger partial charge in [0.25, 0.3) is 0 Å². The van der Waals surface area contributed by atoms with Crippen LogP contribution in [0.3, 0.4) is 0 Å². The summed E-state index contributed by atoms with van der Waals surface area (Å²) in [4.78, 5) is 3.99. The molecule has 1 heterocycles. The molecule has 0 atom stereocenters. The smallest absolute Gasteiger partial charge is 0.138 e. The third-order valence-corrected chi connectivity index (χ3v) is 5.06. The summed E-state index contributed by atoms with van der Waals surface area (Å²) < 4.78 is 2.81. The molecule has 1 aromatic carbocycles. The first-order valence-electron chi connectivity index (χ1n) is 7.10. The fraction of sp³-hybridized carbons (Fsp3) is 0.467. The lowest BCUT2D eigenvalue weighted by Gasteiger charge is -2.37. The highest BCUT2D eigenvalue weighted by Crippen LogP contribution is 2.40. The minimum absolute atomic E-state index is 0.154. The van der Waals surface area contributed by atoms with E-state index in [0.717, 1.165) is 16.7 Å². The van der Waals surface area contributed by atoms with E-state index < -0.39 is 0 Å². The van der Waals surface area contributed by atoms with E-state index in [-0.39, 0.29) is 5.41 Å². The number of benzene rings is 1. The Morgan fingerprint density at radius 2 is 2.05 bits per heavy atom. The summed E-state index contributed by atoms with van der Waals surface area (Å²) in [6.45, 7) is 0.724. The Bertz CT molecular complexity index is 574. The van der Waals surface area contributed by atoms with Crippen molar-refractivity contribution >= 4 is 15.9 Å². The number of hydrogen-bond donors (Lipinski definition) is 1. The second kappa shape index (κ2) is 5.66. The lowest BCUT2D eigenvalue weighted by molar-refractivity contribution is 0.300. The van der Waals surface area contributed by atoms with Gasteiger partial charge in [-0.05, 0) is 46.5 Å². The lowest BCUT2D eigenvalue weighted by Crippen LogP contribution is -2.37. The van der Waals surface area contributed by atoms with Gasteiger partial charge in [0.15, 0.2) is 0 Å². The van der Waals surface area contributed by atoms with E-state index in [1.807, 2.05) is 0 Å². The molecule has 2 aromatic rings. The molecule has 1 fully saturated rings. The molecule has 0 bridgehead atoms. The molecular weight excluding hydrogens is 316 g/mol. The topological polar surface area (TPSA) is 56.7 Å². The van der Waals surface area contributed by atoms with E-state index >= 15 is 0 Å². The van der Waals surface area contributed by atoms with Crippen molar-refractivity contribution in [1.82, 2.24) is 14.8 Å². The predicted molar refractivity (Wildman–Crippen MR) is 82.9 cm³/mol. The summed E-state index contributed by atoms with van der Waals surface area (Å²) >= 11 is 3.66. The van der Waals surface area contributed by atoms with Crippen LogP contribution in [0.4, 0.5) is 0 Å². The molecule has 1 aliphatic carbocycles. The molecule has 4 nitrogen and oxygen atoms in total. The zero-order valence-corrected chi connectivity index (χ0v) is 13.0. The van der Waals surface area contributed by atoms with Gasteiger partial charge in [-0.15, -0.1) is 0 Å². The van der Waals surface area contributed by atoms with Crippen molar-refractivity contribution in [2.45, 2.75) is 37.5 Å². The van der Waals surface area contributed by atoms with Gasteiger partial charge in [-0.25, -0.2) is 9.67 Å². The van der Waals surface area contributed by atoms with Gasteiger partial charge in [0.05, 0.1) is 5.69 Å². The van der Waals surface area contributed by atoms with Gasteiger partial charge in [-0.3, -0.25) is 0 Å². The molecule has 0 aliphatic heterocycles. The number of hydrogen-bond acceptors (Lipinski definition) is 3. The molecule has 0 unspecified atom stereocenters. The third-order valence-electron chi connectivity index (χ3n) is 4.43. The summed E-state index contributed by atoms with van der Waals surface area (Å²) in [5, 5.41) is 4.18. The Kier molecular flexibility index (Phi) is 3.89. The minimum atomic E-state index is 0.154. The number of nitrogens with two attached hydrogens (primary N) is 1. The second-order valence-electron chi connectivity index (χ2n) is 5.55. The van der Waals surface area contributed by atoms with Crippen LogP contribution >= 0.6 is 15.9 Å². The predicted octanol–water partition coefficient (Wildman–Crippen LogP) is 3.19. The molecule has 0 saturated heterocycles. The van der Waals surface area contributed by atoms with Crippen LogP contribution in [-0.4, -0.2) is 21.3 Å². The largest absolute Gasteiger partial charge is 0.330 e. The first kappa shape index (κ1) is 13.8. The average molecular weight is 335 g/mol. The van der Waals surface area contributed by atoms with Crippen LogP contribution in [0.2, 0.25) is 0 Å². The van der Waals surface area contributed by atoms with Crippen LogP contribution in [0.5, 0.6) is 0 Å². The summed E-state index contributed by atoms with van der Waals surface area (Å²) in [7, 11) is 0. The third kappa shape index (κ3) is 2.40. The minimum Gasteiger partial charge on any atom is -0.330 e. The first-order valence-corrected chi connectivity index (χ1v) is 7.90. The van der Waals surface area contributed by atoms with Crippen LogP contribution in [-0.2, 0) is 5.41 Å². The van der Waals surface area contributed by atoms with Crippen LogP contribution in [0.1, 0.15) is 37.7 Å². The Balaban J connectivity index is 1.97. The van der Waals surface area contributed by atoms with Gasteiger partial charge in [0, 0.05) is 16.4 Å². The van der Waals surface area contributed by atoms with Crippen molar-refractivity contribution in [3.05, 3.63) is 40.9 Å². The van der Waals surface area contributed by atoms with Crippen LogP contribution in [0.25, 0.3) is 5.69 Å². The summed E-state index contributed by atoms with van der Waals surface area (Å²) in [6.07, 6.45) is 9.53. The van der Waals surface area contributed by atoms with Gasteiger partial charge >= 0.3 is 0 Å². The van der Waals surface area contributed by atoms with Gasteiger partial charge < -0.3 is 5.73 Å². The quantitative estimate of drug-likeness (QED) is 0.937. The molecule has 2 N–H and O–H groups in total. The number of aromatic nitrogens is 3. The number of nitrogens with zero attached hydrogens (tertiary/aromatic N) is 3. The molecule has 3 rings (SSSR count). The highest BCUT2D eigenvalue weighted by molar-refractivity contribution is 9.10. The Hall–Kier alpha value is -1.20. The zero-order chi connectivity index (χ0) is 14.0. The maximum atomic E-state index is 6.11. The van der Waals surface area contributed by atoms with Crippen molar-refractivity contribution in [3.8, 4) is 5.69 Å². The molecule has 0 amide bonds. The molecule has 0 spiro atoms. The standard InChI is InChI=1S/C15H19BrN4/c16-13-8-12(15(9-17)6-2-1-3-7-15)4-5-14(13)20-11-18-10-19-20/h4-5,8,10-11H,1-3,6-7,9,17H2. The highest BCUT2D eigenvalue weighted by atomic mass is 79.9. The monoisotopic (exact) mass is 334 g/mol. The molecule has 0 radical (unpaired) electrons. The molecule has 1 aromatic heterocycles. The van der Waals surface area contributed by atoms with Gasteiger partial charge in [0.1, 0.15) is 12.7 Å². The average Bonchev–Trinajstić information content (AvgIpc) is 3.02. The summed E-state index contributed by atoms with van der Waals surface area (Å²) in [5.41, 5.74) is 8.62. The molecule has 1 saturated carbocycles. The second-order valence-corrected chi connectivity index (χ2v) is 6.41.